The Balaban J connectivity index is 1.76. The third-order valence-electron chi connectivity index (χ3n) is 4.86. The van der Waals surface area contributed by atoms with E-state index in [-0.39, 0.29) is 24.5 Å². The summed E-state index contributed by atoms with van der Waals surface area (Å²) < 4.78 is 1.79. The molecule has 0 radical (unpaired) electrons. The molecule has 1 aromatic heterocycles. The Morgan fingerprint density at radius 2 is 1.96 bits per heavy atom. The van der Waals surface area contributed by atoms with Crippen LogP contribution in [0.2, 0.25) is 0 Å². The number of hydrogen-bond donors (Lipinski definition) is 2. The number of nitrogens with one attached hydrogen (secondary N) is 1. The molecule has 5 nitrogen and oxygen atoms in total. The lowest BCUT2D eigenvalue weighted by Gasteiger charge is -2.30. The van der Waals surface area contributed by atoms with Crippen LogP contribution in [0.1, 0.15) is 47.4 Å². The molecule has 1 aromatic carbocycles. The molecule has 5 heteroatoms. The van der Waals surface area contributed by atoms with Crippen LogP contribution in [-0.2, 0) is 0 Å². The third-order valence-corrected chi connectivity index (χ3v) is 4.86. The second-order valence-corrected chi connectivity index (χ2v) is 6.73. The number of carbonyl (C=O) groups excluding carboxylic acids is 1. The summed E-state index contributed by atoms with van der Waals surface area (Å²) in [4.78, 5) is 12.6. The summed E-state index contributed by atoms with van der Waals surface area (Å²) in [5.74, 6) is -0.00251. The average molecular weight is 327 g/mol. The van der Waals surface area contributed by atoms with Gasteiger partial charge in [-0.15, -0.1) is 0 Å². The van der Waals surface area contributed by atoms with Crippen LogP contribution in [0.5, 0.6) is 0 Å². The van der Waals surface area contributed by atoms with Gasteiger partial charge in [-0.1, -0.05) is 30.5 Å². The summed E-state index contributed by atoms with van der Waals surface area (Å²) in [6.45, 7) is 4.11. The van der Waals surface area contributed by atoms with E-state index in [1.807, 2.05) is 44.2 Å². The number of amides is 1. The van der Waals surface area contributed by atoms with E-state index in [1.165, 1.54) is 5.56 Å². The molecular formula is C19H25N3O2. The maximum atomic E-state index is 12.6. The van der Waals surface area contributed by atoms with Gasteiger partial charge in [0.05, 0.1) is 5.69 Å². The molecule has 1 heterocycles. The molecule has 0 aliphatic heterocycles. The zero-order valence-electron chi connectivity index (χ0n) is 14.3. The maximum Gasteiger partial charge on any atom is 0.272 e. The van der Waals surface area contributed by atoms with E-state index in [2.05, 4.69) is 10.4 Å². The van der Waals surface area contributed by atoms with E-state index in [1.54, 1.807) is 4.68 Å². The first-order chi connectivity index (χ1) is 11.6. The molecule has 1 aliphatic carbocycles. The minimum atomic E-state index is -0.158. The second-order valence-electron chi connectivity index (χ2n) is 6.73. The highest BCUT2D eigenvalue weighted by molar-refractivity contribution is 5.92. The van der Waals surface area contributed by atoms with Crippen molar-refractivity contribution in [3.63, 3.8) is 0 Å². The minimum absolute atomic E-state index is 0.0427. The first kappa shape index (κ1) is 16.7. The molecule has 2 atom stereocenters. The van der Waals surface area contributed by atoms with Crippen molar-refractivity contribution < 1.29 is 9.90 Å². The van der Waals surface area contributed by atoms with Gasteiger partial charge in [0.2, 0.25) is 0 Å². The molecule has 2 unspecified atom stereocenters. The van der Waals surface area contributed by atoms with Gasteiger partial charge in [0, 0.05) is 24.3 Å². The van der Waals surface area contributed by atoms with E-state index in [9.17, 15) is 9.90 Å². The number of aliphatic hydroxyl groups is 1. The number of rotatable bonds is 4. The van der Waals surface area contributed by atoms with Gasteiger partial charge in [-0.2, -0.15) is 5.10 Å². The van der Waals surface area contributed by atoms with E-state index in [0.29, 0.717) is 5.69 Å². The first-order valence-electron chi connectivity index (χ1n) is 8.64. The lowest BCUT2D eigenvalue weighted by atomic mass is 9.85. The van der Waals surface area contributed by atoms with Gasteiger partial charge in [0.25, 0.3) is 5.91 Å². The average Bonchev–Trinajstić information content (AvgIpc) is 2.98. The Morgan fingerprint density at radius 1 is 1.25 bits per heavy atom. The Labute approximate surface area is 142 Å². The highest BCUT2D eigenvalue weighted by Crippen LogP contribution is 2.24. The summed E-state index contributed by atoms with van der Waals surface area (Å²) in [5, 5.41) is 17.0. The standard InChI is InChI=1S/C19H25N3O2/c1-13-7-9-16(10-8-13)22-14(2)11-18(21-22)19(24)20-17-6-4-3-5-15(17)12-23/h7-11,15,17,23H,3-6,12H2,1-2H3,(H,20,24). The van der Waals surface area contributed by atoms with Crippen LogP contribution in [0, 0.1) is 19.8 Å². The number of nitrogens with zero attached hydrogens (tertiary/aromatic N) is 2. The highest BCUT2D eigenvalue weighted by Gasteiger charge is 2.27. The molecule has 3 rings (SSSR count). The molecule has 0 bridgehead atoms. The van der Waals surface area contributed by atoms with Crippen molar-refractivity contribution in [3.05, 3.63) is 47.3 Å². The number of aryl methyl sites for hydroxylation is 2. The van der Waals surface area contributed by atoms with Gasteiger partial charge in [-0.25, -0.2) is 4.68 Å². The molecule has 1 amide bonds. The fourth-order valence-electron chi connectivity index (χ4n) is 3.39. The molecule has 1 saturated carbocycles. The SMILES string of the molecule is Cc1ccc(-n2nc(C(=O)NC3CCCCC3CO)cc2C)cc1. The van der Waals surface area contributed by atoms with Crippen molar-refractivity contribution in [2.45, 2.75) is 45.6 Å². The van der Waals surface area contributed by atoms with Crippen LogP contribution < -0.4 is 5.32 Å². The summed E-state index contributed by atoms with van der Waals surface area (Å²) in [6, 6.07) is 9.92. The molecular weight excluding hydrogens is 302 g/mol. The zero-order chi connectivity index (χ0) is 17.1. The van der Waals surface area contributed by atoms with Crippen LogP contribution in [0.25, 0.3) is 5.69 Å². The van der Waals surface area contributed by atoms with Crippen LogP contribution in [-0.4, -0.2) is 33.4 Å². The first-order valence-corrected chi connectivity index (χ1v) is 8.64. The predicted octanol–water partition coefficient (Wildman–Crippen LogP) is 2.77. The van der Waals surface area contributed by atoms with Gasteiger partial charge in [-0.3, -0.25) is 4.79 Å². The highest BCUT2D eigenvalue weighted by atomic mass is 16.3. The van der Waals surface area contributed by atoms with Crippen LogP contribution >= 0.6 is 0 Å². The monoisotopic (exact) mass is 327 g/mol. The van der Waals surface area contributed by atoms with Crippen molar-refractivity contribution in [1.82, 2.24) is 15.1 Å². The van der Waals surface area contributed by atoms with Crippen molar-refractivity contribution >= 4 is 5.91 Å². The van der Waals surface area contributed by atoms with Gasteiger partial charge >= 0.3 is 0 Å². The Kier molecular flexibility index (Phi) is 5.00. The van der Waals surface area contributed by atoms with Crippen LogP contribution in [0.4, 0.5) is 0 Å². The lowest BCUT2D eigenvalue weighted by Crippen LogP contribution is -2.43. The smallest absolute Gasteiger partial charge is 0.272 e. The quantitative estimate of drug-likeness (QED) is 0.907. The lowest BCUT2D eigenvalue weighted by molar-refractivity contribution is 0.0867. The number of benzene rings is 1. The summed E-state index contributed by atoms with van der Waals surface area (Å²) in [7, 11) is 0. The molecule has 0 spiro atoms. The Morgan fingerprint density at radius 3 is 2.67 bits per heavy atom. The van der Waals surface area contributed by atoms with E-state index >= 15 is 0 Å². The number of aromatic nitrogens is 2. The minimum Gasteiger partial charge on any atom is -0.396 e. The van der Waals surface area contributed by atoms with Crippen molar-refractivity contribution in [1.29, 1.82) is 0 Å². The molecule has 1 fully saturated rings. The van der Waals surface area contributed by atoms with Gasteiger partial charge in [0.1, 0.15) is 0 Å². The van der Waals surface area contributed by atoms with Crippen LogP contribution in [0.15, 0.2) is 30.3 Å². The Bertz CT molecular complexity index is 706. The topological polar surface area (TPSA) is 67.2 Å². The summed E-state index contributed by atoms with van der Waals surface area (Å²) in [6.07, 6.45) is 4.12. The number of carbonyl (C=O) groups is 1. The summed E-state index contributed by atoms with van der Waals surface area (Å²) in [5.41, 5.74) is 3.48. The zero-order valence-corrected chi connectivity index (χ0v) is 14.3. The van der Waals surface area contributed by atoms with Crippen molar-refractivity contribution in [2.24, 2.45) is 5.92 Å². The molecule has 2 aromatic rings. The second kappa shape index (κ2) is 7.18. The fraction of sp³-hybridized carbons (Fsp3) is 0.474. The fourth-order valence-corrected chi connectivity index (χ4v) is 3.39. The van der Waals surface area contributed by atoms with Gasteiger partial charge < -0.3 is 10.4 Å². The molecule has 1 aliphatic rings. The molecule has 128 valence electrons. The number of hydrogen-bond acceptors (Lipinski definition) is 3. The van der Waals surface area contributed by atoms with E-state index in [0.717, 1.165) is 37.1 Å². The van der Waals surface area contributed by atoms with Gasteiger partial charge in [-0.05, 0) is 44.9 Å². The van der Waals surface area contributed by atoms with E-state index < -0.39 is 0 Å². The largest absolute Gasteiger partial charge is 0.396 e. The Hall–Kier alpha value is -2.14. The number of aliphatic hydroxyl groups excluding tert-OH is 1. The van der Waals surface area contributed by atoms with E-state index in [4.69, 9.17) is 0 Å². The van der Waals surface area contributed by atoms with Crippen molar-refractivity contribution in [2.75, 3.05) is 6.61 Å². The molecule has 24 heavy (non-hydrogen) atoms. The predicted molar refractivity (Wildman–Crippen MR) is 93.3 cm³/mol. The normalized spacial score (nSPS) is 20.8. The summed E-state index contributed by atoms with van der Waals surface area (Å²) >= 11 is 0. The third kappa shape index (κ3) is 3.51. The van der Waals surface area contributed by atoms with Crippen molar-refractivity contribution in [3.8, 4) is 5.69 Å². The molecule has 0 saturated heterocycles. The van der Waals surface area contributed by atoms with Gasteiger partial charge in [0.15, 0.2) is 5.69 Å². The maximum absolute atomic E-state index is 12.6. The molecule has 2 N–H and O–H groups in total. The van der Waals surface area contributed by atoms with Crippen LogP contribution in [0.3, 0.4) is 0 Å².